The quantitative estimate of drug-likeness (QED) is 0.459. The van der Waals surface area contributed by atoms with Gasteiger partial charge in [0.2, 0.25) is 11.8 Å². The molecule has 2 aliphatic rings. The van der Waals surface area contributed by atoms with Gasteiger partial charge in [0.15, 0.2) is 0 Å². The Morgan fingerprint density at radius 3 is 3.10 bits per heavy atom. The molecule has 2 aliphatic heterocycles. The molecule has 1 fully saturated rings. The van der Waals surface area contributed by atoms with Gasteiger partial charge in [-0.1, -0.05) is 0 Å². The van der Waals surface area contributed by atoms with Crippen molar-refractivity contribution in [3.05, 3.63) is 12.2 Å². The molecular weight excluding hydrogens is 132 g/mol. The van der Waals surface area contributed by atoms with Crippen LogP contribution in [0.5, 0.6) is 0 Å². The van der Waals surface area contributed by atoms with Gasteiger partial charge in [-0.05, 0) is 6.08 Å². The second-order valence-corrected chi connectivity index (χ2v) is 2.34. The first-order valence-electron chi connectivity index (χ1n) is 3.05. The maximum Gasteiger partial charge on any atom is 0.248 e. The minimum atomic E-state index is -0.167. The fourth-order valence-corrected chi connectivity index (χ4v) is 1.18. The highest BCUT2D eigenvalue weighted by Crippen LogP contribution is 2.12. The van der Waals surface area contributed by atoms with Crippen molar-refractivity contribution in [3.8, 4) is 0 Å². The molecule has 1 N–H and O–H groups in total. The van der Waals surface area contributed by atoms with Gasteiger partial charge in [-0.3, -0.25) is 9.59 Å². The number of hydrogen-bond acceptors (Lipinski definition) is 2. The van der Waals surface area contributed by atoms with E-state index in [1.54, 1.807) is 6.08 Å². The van der Waals surface area contributed by atoms with Crippen molar-refractivity contribution in [2.24, 2.45) is 0 Å². The van der Waals surface area contributed by atoms with Gasteiger partial charge in [0.1, 0.15) is 12.7 Å². The molecule has 0 radical (unpaired) electrons. The zero-order chi connectivity index (χ0) is 7.14. The van der Waals surface area contributed by atoms with Gasteiger partial charge in [0, 0.05) is 6.08 Å². The first-order chi connectivity index (χ1) is 4.77. The molecule has 2 amide bonds. The molecule has 0 aliphatic carbocycles. The zero-order valence-electron chi connectivity index (χ0n) is 5.20. The maximum atomic E-state index is 10.8. The van der Waals surface area contributed by atoms with Crippen molar-refractivity contribution in [1.29, 1.82) is 0 Å². The van der Waals surface area contributed by atoms with Crippen molar-refractivity contribution < 1.29 is 9.59 Å². The molecule has 2 rings (SSSR count). The molecule has 10 heavy (non-hydrogen) atoms. The Balaban J connectivity index is 2.26. The van der Waals surface area contributed by atoms with E-state index in [2.05, 4.69) is 5.32 Å². The number of carbonyl (C=O) groups excluding carboxylic acids is 2. The number of rotatable bonds is 0. The Hall–Kier alpha value is -1.32. The van der Waals surface area contributed by atoms with Gasteiger partial charge < -0.3 is 10.2 Å². The van der Waals surface area contributed by atoms with E-state index in [4.69, 9.17) is 0 Å². The first-order valence-corrected chi connectivity index (χ1v) is 3.05. The van der Waals surface area contributed by atoms with Crippen LogP contribution < -0.4 is 5.32 Å². The molecule has 0 aromatic carbocycles. The predicted octanol–water partition coefficient (Wildman–Crippen LogP) is -1.16. The Kier molecular flexibility index (Phi) is 0.869. The van der Waals surface area contributed by atoms with Crippen LogP contribution in [-0.2, 0) is 9.59 Å². The van der Waals surface area contributed by atoms with E-state index in [-0.39, 0.29) is 24.5 Å². The zero-order valence-corrected chi connectivity index (χ0v) is 5.20. The van der Waals surface area contributed by atoms with Crippen LogP contribution in [-0.4, -0.2) is 29.4 Å². The van der Waals surface area contributed by atoms with Crippen LogP contribution in [0.3, 0.4) is 0 Å². The smallest absolute Gasteiger partial charge is 0.248 e. The van der Waals surface area contributed by atoms with Crippen molar-refractivity contribution in [2.45, 2.75) is 6.17 Å². The van der Waals surface area contributed by atoms with E-state index < -0.39 is 0 Å². The molecule has 0 saturated carbocycles. The van der Waals surface area contributed by atoms with Crippen LogP contribution >= 0.6 is 0 Å². The summed E-state index contributed by atoms with van der Waals surface area (Å²) in [5.74, 6) is -0.161. The standard InChI is InChI=1S/C6H6N2O2/c9-5-3-8-4(7-5)1-2-6(8)10/h1-2,4H,3H2,(H,7,9). The largest absolute Gasteiger partial charge is 0.331 e. The first kappa shape index (κ1) is 5.46. The predicted molar refractivity (Wildman–Crippen MR) is 32.8 cm³/mol. The second kappa shape index (κ2) is 1.59. The molecule has 4 nitrogen and oxygen atoms in total. The monoisotopic (exact) mass is 138 g/mol. The number of carbonyl (C=O) groups is 2. The number of amides is 2. The van der Waals surface area contributed by atoms with Gasteiger partial charge in [-0.15, -0.1) is 0 Å². The Labute approximate surface area is 57.5 Å². The lowest BCUT2D eigenvalue weighted by atomic mass is 10.5. The third-order valence-electron chi connectivity index (χ3n) is 1.66. The summed E-state index contributed by atoms with van der Waals surface area (Å²) in [6, 6.07) is 0. The summed E-state index contributed by atoms with van der Waals surface area (Å²) in [7, 11) is 0. The van der Waals surface area contributed by atoms with Gasteiger partial charge in [0.25, 0.3) is 0 Å². The van der Waals surface area contributed by atoms with E-state index in [9.17, 15) is 9.59 Å². The van der Waals surface area contributed by atoms with E-state index in [1.165, 1.54) is 11.0 Å². The van der Waals surface area contributed by atoms with Crippen molar-refractivity contribution >= 4 is 11.8 Å². The fraction of sp³-hybridized carbons (Fsp3) is 0.333. The van der Waals surface area contributed by atoms with Crippen LogP contribution in [0, 0.1) is 0 Å². The molecule has 1 unspecified atom stereocenters. The van der Waals surface area contributed by atoms with E-state index in [0.717, 1.165) is 0 Å². The molecule has 4 heteroatoms. The van der Waals surface area contributed by atoms with Crippen LogP contribution in [0.1, 0.15) is 0 Å². The SMILES string of the molecule is O=C1CN2C(=O)C=CC2N1. The van der Waals surface area contributed by atoms with E-state index in [1.807, 2.05) is 0 Å². The fourth-order valence-electron chi connectivity index (χ4n) is 1.18. The summed E-state index contributed by atoms with van der Waals surface area (Å²) < 4.78 is 0. The molecule has 0 spiro atoms. The summed E-state index contributed by atoms with van der Waals surface area (Å²) in [5.41, 5.74) is 0. The molecule has 0 bridgehead atoms. The highest BCUT2D eigenvalue weighted by molar-refractivity contribution is 5.96. The van der Waals surface area contributed by atoms with Gasteiger partial charge in [-0.25, -0.2) is 0 Å². The third kappa shape index (κ3) is 0.556. The summed E-state index contributed by atoms with van der Waals surface area (Å²) in [4.78, 5) is 23.0. The van der Waals surface area contributed by atoms with Crippen LogP contribution in [0.4, 0.5) is 0 Å². The van der Waals surface area contributed by atoms with Crippen molar-refractivity contribution in [2.75, 3.05) is 6.54 Å². The molecule has 1 atom stereocenters. The van der Waals surface area contributed by atoms with Crippen molar-refractivity contribution in [3.63, 3.8) is 0 Å². The summed E-state index contributed by atoms with van der Waals surface area (Å²) in [6.45, 7) is 0.205. The van der Waals surface area contributed by atoms with E-state index >= 15 is 0 Å². The topological polar surface area (TPSA) is 49.4 Å². The Morgan fingerprint density at radius 1 is 1.60 bits per heavy atom. The molecule has 0 aromatic heterocycles. The lowest BCUT2D eigenvalue weighted by Crippen LogP contribution is -2.32. The average Bonchev–Trinajstić information content (AvgIpc) is 2.35. The van der Waals surface area contributed by atoms with Crippen LogP contribution in [0.15, 0.2) is 12.2 Å². The number of nitrogens with one attached hydrogen (secondary N) is 1. The highest BCUT2D eigenvalue weighted by atomic mass is 16.2. The summed E-state index contributed by atoms with van der Waals surface area (Å²) in [6.07, 6.45) is 3.00. The molecular formula is C6H6N2O2. The van der Waals surface area contributed by atoms with Crippen LogP contribution in [0.2, 0.25) is 0 Å². The lowest BCUT2D eigenvalue weighted by Gasteiger charge is -2.11. The number of hydrogen-bond donors (Lipinski definition) is 1. The summed E-state index contributed by atoms with van der Waals surface area (Å²) >= 11 is 0. The highest BCUT2D eigenvalue weighted by Gasteiger charge is 2.34. The molecule has 0 aromatic rings. The lowest BCUT2D eigenvalue weighted by molar-refractivity contribution is -0.127. The number of fused-ring (bicyclic) bond motifs is 1. The Morgan fingerprint density at radius 2 is 2.40 bits per heavy atom. The third-order valence-corrected chi connectivity index (χ3v) is 1.66. The second-order valence-electron chi connectivity index (χ2n) is 2.34. The maximum absolute atomic E-state index is 10.8. The summed E-state index contributed by atoms with van der Waals surface area (Å²) in [5, 5.41) is 2.63. The normalized spacial score (nSPS) is 29.2. The van der Waals surface area contributed by atoms with Gasteiger partial charge >= 0.3 is 0 Å². The number of nitrogens with zero attached hydrogens (tertiary/aromatic N) is 1. The Bertz CT molecular complexity index is 234. The van der Waals surface area contributed by atoms with Gasteiger partial charge in [-0.2, -0.15) is 0 Å². The average molecular weight is 138 g/mol. The molecule has 1 saturated heterocycles. The minimum Gasteiger partial charge on any atom is -0.331 e. The van der Waals surface area contributed by atoms with Crippen molar-refractivity contribution in [1.82, 2.24) is 10.2 Å². The van der Waals surface area contributed by atoms with Gasteiger partial charge in [0.05, 0.1) is 0 Å². The van der Waals surface area contributed by atoms with E-state index in [0.29, 0.717) is 0 Å². The molecule has 52 valence electrons. The van der Waals surface area contributed by atoms with Crippen LogP contribution in [0.25, 0.3) is 0 Å². The molecule has 2 heterocycles. The minimum absolute atomic E-state index is 0.0802.